The minimum Gasteiger partial charge on any atom is -0.393 e. The van der Waals surface area contributed by atoms with Crippen LogP contribution in [-0.4, -0.2) is 27.8 Å². The van der Waals surface area contributed by atoms with E-state index in [1.807, 2.05) is 6.92 Å². The Labute approximate surface area is 75.1 Å². The van der Waals surface area contributed by atoms with Crippen LogP contribution in [0, 0.1) is 0 Å². The number of alkyl halides is 1. The molecule has 1 saturated heterocycles. The standard InChI is InChI=1S/C7H13IO2/c1-5-2-6(9)3-7(4-8)10-5/h5-7,9H,2-4H2,1H3/t5-,6+,7+/m0/s1. The first-order valence-corrected chi connectivity index (χ1v) is 5.14. The van der Waals surface area contributed by atoms with E-state index >= 15 is 0 Å². The summed E-state index contributed by atoms with van der Waals surface area (Å²) in [6.07, 6.45) is 1.99. The van der Waals surface area contributed by atoms with Crippen molar-refractivity contribution in [3.63, 3.8) is 0 Å². The summed E-state index contributed by atoms with van der Waals surface area (Å²) in [5, 5.41) is 9.30. The Morgan fingerprint density at radius 3 is 2.80 bits per heavy atom. The van der Waals surface area contributed by atoms with Gasteiger partial charge in [-0.15, -0.1) is 0 Å². The Bertz CT molecular complexity index is 97.8. The molecule has 0 amide bonds. The van der Waals surface area contributed by atoms with Gasteiger partial charge >= 0.3 is 0 Å². The van der Waals surface area contributed by atoms with Crippen molar-refractivity contribution in [2.24, 2.45) is 0 Å². The van der Waals surface area contributed by atoms with Crippen LogP contribution in [0.4, 0.5) is 0 Å². The summed E-state index contributed by atoms with van der Waals surface area (Å²) in [5.41, 5.74) is 0. The molecule has 0 radical (unpaired) electrons. The minimum atomic E-state index is -0.136. The van der Waals surface area contributed by atoms with Crippen LogP contribution < -0.4 is 0 Å². The molecular weight excluding hydrogens is 243 g/mol. The number of halogens is 1. The first-order chi connectivity index (χ1) is 4.72. The van der Waals surface area contributed by atoms with Crippen LogP contribution in [0.5, 0.6) is 0 Å². The van der Waals surface area contributed by atoms with Crippen molar-refractivity contribution in [3.8, 4) is 0 Å². The van der Waals surface area contributed by atoms with E-state index in [1.54, 1.807) is 0 Å². The highest BCUT2D eigenvalue weighted by atomic mass is 127. The lowest BCUT2D eigenvalue weighted by Gasteiger charge is -2.30. The topological polar surface area (TPSA) is 29.5 Å². The maximum Gasteiger partial charge on any atom is 0.0692 e. The molecule has 0 aromatic carbocycles. The van der Waals surface area contributed by atoms with Gasteiger partial charge in [0, 0.05) is 10.8 Å². The molecule has 10 heavy (non-hydrogen) atoms. The van der Waals surface area contributed by atoms with E-state index in [0.717, 1.165) is 17.3 Å². The van der Waals surface area contributed by atoms with Crippen molar-refractivity contribution >= 4 is 22.6 Å². The fourth-order valence-corrected chi connectivity index (χ4v) is 1.89. The number of hydrogen-bond acceptors (Lipinski definition) is 2. The van der Waals surface area contributed by atoms with Crippen molar-refractivity contribution in [1.82, 2.24) is 0 Å². The fraction of sp³-hybridized carbons (Fsp3) is 1.00. The lowest BCUT2D eigenvalue weighted by Crippen LogP contribution is -2.34. The van der Waals surface area contributed by atoms with Gasteiger partial charge in [-0.1, -0.05) is 22.6 Å². The molecule has 0 bridgehead atoms. The molecule has 1 aliphatic heterocycles. The van der Waals surface area contributed by atoms with Crippen LogP contribution in [-0.2, 0) is 4.74 Å². The molecule has 3 heteroatoms. The molecule has 2 nitrogen and oxygen atoms in total. The van der Waals surface area contributed by atoms with E-state index in [0.29, 0.717) is 0 Å². The molecule has 0 aliphatic carbocycles. The van der Waals surface area contributed by atoms with E-state index in [2.05, 4.69) is 22.6 Å². The van der Waals surface area contributed by atoms with Crippen molar-refractivity contribution < 1.29 is 9.84 Å². The summed E-state index contributed by atoms with van der Waals surface area (Å²) in [6, 6.07) is 0. The zero-order chi connectivity index (χ0) is 7.56. The van der Waals surface area contributed by atoms with Gasteiger partial charge in [0.1, 0.15) is 0 Å². The fourth-order valence-electron chi connectivity index (χ4n) is 1.32. The molecule has 0 saturated carbocycles. The highest BCUT2D eigenvalue weighted by molar-refractivity contribution is 14.1. The van der Waals surface area contributed by atoms with E-state index in [9.17, 15) is 5.11 Å². The molecule has 0 aromatic heterocycles. The van der Waals surface area contributed by atoms with Gasteiger partial charge in [-0.25, -0.2) is 0 Å². The monoisotopic (exact) mass is 256 g/mol. The Morgan fingerprint density at radius 1 is 1.60 bits per heavy atom. The van der Waals surface area contributed by atoms with E-state index in [4.69, 9.17) is 4.74 Å². The Balaban J connectivity index is 2.35. The molecule has 0 spiro atoms. The quantitative estimate of drug-likeness (QED) is 0.567. The Morgan fingerprint density at radius 2 is 2.30 bits per heavy atom. The van der Waals surface area contributed by atoms with E-state index in [1.165, 1.54) is 0 Å². The highest BCUT2D eigenvalue weighted by Gasteiger charge is 2.24. The van der Waals surface area contributed by atoms with Gasteiger partial charge < -0.3 is 9.84 Å². The van der Waals surface area contributed by atoms with Crippen LogP contribution in [0.1, 0.15) is 19.8 Å². The highest BCUT2D eigenvalue weighted by Crippen LogP contribution is 2.20. The lowest BCUT2D eigenvalue weighted by molar-refractivity contribution is -0.0760. The van der Waals surface area contributed by atoms with Crippen molar-refractivity contribution in [3.05, 3.63) is 0 Å². The smallest absolute Gasteiger partial charge is 0.0692 e. The summed E-state index contributed by atoms with van der Waals surface area (Å²) in [5.74, 6) is 0. The van der Waals surface area contributed by atoms with Gasteiger partial charge in [0.2, 0.25) is 0 Å². The third-order valence-electron chi connectivity index (χ3n) is 1.74. The second-order valence-electron chi connectivity index (χ2n) is 2.85. The summed E-state index contributed by atoms with van der Waals surface area (Å²) >= 11 is 2.29. The Kier molecular flexibility index (Phi) is 3.39. The number of ether oxygens (including phenoxy) is 1. The molecule has 1 rings (SSSR count). The van der Waals surface area contributed by atoms with Crippen molar-refractivity contribution in [2.45, 2.75) is 38.1 Å². The van der Waals surface area contributed by atoms with Gasteiger partial charge in [-0.2, -0.15) is 0 Å². The van der Waals surface area contributed by atoms with E-state index in [-0.39, 0.29) is 18.3 Å². The summed E-state index contributed by atoms with van der Waals surface area (Å²) < 4.78 is 6.52. The van der Waals surface area contributed by atoms with E-state index < -0.39 is 0 Å². The van der Waals surface area contributed by atoms with Crippen LogP contribution in [0.3, 0.4) is 0 Å². The molecule has 1 fully saturated rings. The average Bonchev–Trinajstić information content (AvgIpc) is 1.85. The Hall–Kier alpha value is 0.650. The second-order valence-corrected chi connectivity index (χ2v) is 3.73. The summed E-state index contributed by atoms with van der Waals surface area (Å²) in [7, 11) is 0. The van der Waals surface area contributed by atoms with Gasteiger partial charge in [0.25, 0.3) is 0 Å². The van der Waals surface area contributed by atoms with Crippen LogP contribution in [0.15, 0.2) is 0 Å². The molecule has 1 N–H and O–H groups in total. The molecule has 1 heterocycles. The second kappa shape index (κ2) is 3.88. The lowest BCUT2D eigenvalue weighted by atomic mass is 10.0. The molecule has 1 aliphatic rings. The van der Waals surface area contributed by atoms with Gasteiger partial charge in [-0.05, 0) is 13.3 Å². The van der Waals surface area contributed by atoms with Gasteiger partial charge in [0.15, 0.2) is 0 Å². The molecule has 3 atom stereocenters. The number of aliphatic hydroxyl groups is 1. The predicted molar refractivity (Wildman–Crippen MR) is 48.5 cm³/mol. The van der Waals surface area contributed by atoms with Crippen LogP contribution in [0.25, 0.3) is 0 Å². The first-order valence-electron chi connectivity index (χ1n) is 3.62. The summed E-state index contributed by atoms with van der Waals surface area (Å²) in [6.45, 7) is 2.02. The molecule has 0 unspecified atom stereocenters. The van der Waals surface area contributed by atoms with Crippen LogP contribution in [0.2, 0.25) is 0 Å². The third kappa shape index (κ3) is 2.36. The van der Waals surface area contributed by atoms with Crippen molar-refractivity contribution in [2.75, 3.05) is 4.43 Å². The van der Waals surface area contributed by atoms with Crippen molar-refractivity contribution in [1.29, 1.82) is 0 Å². The number of hydrogen-bond donors (Lipinski definition) is 1. The van der Waals surface area contributed by atoms with Gasteiger partial charge in [-0.3, -0.25) is 0 Å². The maximum atomic E-state index is 9.30. The maximum absolute atomic E-state index is 9.30. The average molecular weight is 256 g/mol. The third-order valence-corrected chi connectivity index (χ3v) is 2.72. The zero-order valence-electron chi connectivity index (χ0n) is 6.09. The predicted octanol–water partition coefficient (Wildman–Crippen LogP) is 1.35. The van der Waals surface area contributed by atoms with Gasteiger partial charge in [0.05, 0.1) is 18.3 Å². The number of aliphatic hydroxyl groups excluding tert-OH is 1. The SMILES string of the molecule is C[C@H]1C[C@@H](O)C[C@H](CI)O1. The largest absolute Gasteiger partial charge is 0.393 e. The minimum absolute atomic E-state index is 0.136. The molecular formula is C7H13IO2. The number of rotatable bonds is 1. The zero-order valence-corrected chi connectivity index (χ0v) is 8.24. The molecule has 60 valence electrons. The van der Waals surface area contributed by atoms with Crippen LogP contribution >= 0.6 is 22.6 Å². The first kappa shape index (κ1) is 8.74. The molecule has 0 aromatic rings. The summed E-state index contributed by atoms with van der Waals surface area (Å²) in [4.78, 5) is 0. The normalized spacial score (nSPS) is 41.7.